The quantitative estimate of drug-likeness (QED) is 0.875. The van der Waals surface area contributed by atoms with E-state index in [9.17, 15) is 4.79 Å². The number of ether oxygens (including phenoxy) is 1. The molecule has 0 bridgehead atoms. The predicted octanol–water partition coefficient (Wildman–Crippen LogP) is 1.94. The van der Waals surface area contributed by atoms with E-state index in [1.807, 2.05) is 5.38 Å². The van der Waals surface area contributed by atoms with Crippen molar-refractivity contribution in [2.75, 3.05) is 32.8 Å². The fraction of sp³-hybridized carbons (Fsp3) is 0.467. The second-order valence-electron chi connectivity index (χ2n) is 5.20. The van der Waals surface area contributed by atoms with E-state index in [0.717, 1.165) is 24.5 Å². The number of carbonyl (C=O) groups is 1. The van der Waals surface area contributed by atoms with Crippen molar-refractivity contribution in [2.45, 2.75) is 12.5 Å². The van der Waals surface area contributed by atoms with Crippen LogP contribution >= 0.6 is 22.7 Å². The number of carbonyl (C=O) groups excluding carboxylic acids is 1. The van der Waals surface area contributed by atoms with Gasteiger partial charge in [0.15, 0.2) is 0 Å². The molecule has 1 saturated heterocycles. The number of hydrogen-bond acceptors (Lipinski definition) is 6. The highest BCUT2D eigenvalue weighted by molar-refractivity contribution is 7.09. The molecule has 1 amide bonds. The Morgan fingerprint density at radius 1 is 1.50 bits per heavy atom. The molecule has 1 atom stereocenters. The average Bonchev–Trinajstić information content (AvgIpc) is 3.21. The van der Waals surface area contributed by atoms with Crippen molar-refractivity contribution >= 4 is 28.6 Å². The number of amides is 1. The Balaban J connectivity index is 1.41. The minimum absolute atomic E-state index is 0.00708. The Morgan fingerprint density at radius 3 is 3.23 bits per heavy atom. The maximum absolute atomic E-state index is 12.0. The van der Waals surface area contributed by atoms with E-state index in [-0.39, 0.29) is 12.0 Å². The zero-order chi connectivity index (χ0) is 15.2. The van der Waals surface area contributed by atoms with Gasteiger partial charge < -0.3 is 10.1 Å². The van der Waals surface area contributed by atoms with Gasteiger partial charge in [-0.25, -0.2) is 4.98 Å². The van der Waals surface area contributed by atoms with E-state index < -0.39 is 0 Å². The van der Waals surface area contributed by atoms with Crippen LogP contribution in [0, 0.1) is 0 Å². The standard InChI is InChI=1S/C15H19N3O2S2/c19-14(16-3-1-12-2-7-21-11-12)10-18-5-6-20-13(9-18)15-17-4-8-22-15/h2,4,7-8,11,13H,1,3,5-6,9-10H2,(H,16,19)/t13-/m0/s1. The van der Waals surface area contributed by atoms with Crippen LogP contribution in [0.15, 0.2) is 28.4 Å². The molecule has 22 heavy (non-hydrogen) atoms. The molecule has 0 radical (unpaired) electrons. The van der Waals surface area contributed by atoms with E-state index in [4.69, 9.17) is 4.74 Å². The molecule has 1 fully saturated rings. The molecule has 0 aliphatic carbocycles. The summed E-state index contributed by atoms with van der Waals surface area (Å²) in [4.78, 5) is 18.5. The molecule has 1 aliphatic rings. The largest absolute Gasteiger partial charge is 0.368 e. The number of nitrogens with zero attached hydrogens (tertiary/aromatic N) is 2. The molecule has 0 aromatic carbocycles. The number of rotatable bonds is 6. The first-order valence-corrected chi connectivity index (χ1v) is 9.14. The summed E-state index contributed by atoms with van der Waals surface area (Å²) < 4.78 is 5.74. The minimum Gasteiger partial charge on any atom is -0.368 e. The van der Waals surface area contributed by atoms with Gasteiger partial charge in [0.25, 0.3) is 0 Å². The lowest BCUT2D eigenvalue weighted by Gasteiger charge is -2.31. The van der Waals surface area contributed by atoms with Crippen molar-refractivity contribution in [3.63, 3.8) is 0 Å². The summed E-state index contributed by atoms with van der Waals surface area (Å²) in [6.45, 7) is 3.28. The molecule has 2 aromatic rings. The molecule has 5 nitrogen and oxygen atoms in total. The van der Waals surface area contributed by atoms with Crippen LogP contribution in [0.1, 0.15) is 16.7 Å². The van der Waals surface area contributed by atoms with Crippen LogP contribution in [0.3, 0.4) is 0 Å². The SMILES string of the molecule is O=C(CN1CCO[C@H](c2nccs2)C1)NCCc1ccsc1. The molecule has 0 unspecified atom stereocenters. The van der Waals surface area contributed by atoms with Gasteiger partial charge in [-0.05, 0) is 28.8 Å². The molecule has 0 spiro atoms. The summed E-state index contributed by atoms with van der Waals surface area (Å²) in [5.41, 5.74) is 1.28. The number of thiazole rings is 1. The summed E-state index contributed by atoms with van der Waals surface area (Å²) >= 11 is 3.29. The summed E-state index contributed by atoms with van der Waals surface area (Å²) in [7, 11) is 0. The zero-order valence-corrected chi connectivity index (χ0v) is 13.9. The Labute approximate surface area is 137 Å². The monoisotopic (exact) mass is 337 g/mol. The topological polar surface area (TPSA) is 54.5 Å². The van der Waals surface area contributed by atoms with E-state index in [0.29, 0.717) is 19.7 Å². The maximum atomic E-state index is 12.0. The number of hydrogen-bond donors (Lipinski definition) is 1. The summed E-state index contributed by atoms with van der Waals surface area (Å²) in [6, 6.07) is 2.09. The number of thiophene rings is 1. The predicted molar refractivity (Wildman–Crippen MR) is 88.3 cm³/mol. The van der Waals surface area contributed by atoms with Gasteiger partial charge in [-0.1, -0.05) is 0 Å². The van der Waals surface area contributed by atoms with Crippen LogP contribution in [0.5, 0.6) is 0 Å². The van der Waals surface area contributed by atoms with Gasteiger partial charge in [0, 0.05) is 31.2 Å². The van der Waals surface area contributed by atoms with Crippen molar-refractivity contribution in [3.05, 3.63) is 39.0 Å². The first-order chi connectivity index (χ1) is 10.8. The lowest BCUT2D eigenvalue weighted by molar-refractivity contribution is -0.124. The third-order valence-corrected chi connectivity index (χ3v) is 5.16. The summed E-state index contributed by atoms with van der Waals surface area (Å²) in [6.07, 6.45) is 2.67. The lowest BCUT2D eigenvalue weighted by Crippen LogP contribution is -2.44. The van der Waals surface area contributed by atoms with Crippen LogP contribution in [0.2, 0.25) is 0 Å². The van der Waals surface area contributed by atoms with Crippen molar-refractivity contribution < 1.29 is 9.53 Å². The zero-order valence-electron chi connectivity index (χ0n) is 12.2. The van der Waals surface area contributed by atoms with Crippen LogP contribution in [-0.2, 0) is 16.0 Å². The normalized spacial score (nSPS) is 19.2. The smallest absolute Gasteiger partial charge is 0.234 e. The maximum Gasteiger partial charge on any atom is 0.234 e. The summed E-state index contributed by atoms with van der Waals surface area (Å²) in [5.74, 6) is 0.0787. The fourth-order valence-corrected chi connectivity index (χ4v) is 3.81. The molecule has 2 aromatic heterocycles. The van der Waals surface area contributed by atoms with Crippen molar-refractivity contribution in [2.24, 2.45) is 0 Å². The first-order valence-electron chi connectivity index (χ1n) is 7.32. The van der Waals surface area contributed by atoms with E-state index in [2.05, 4.69) is 32.0 Å². The third-order valence-electron chi connectivity index (χ3n) is 3.56. The minimum atomic E-state index is -0.00708. The second-order valence-corrected chi connectivity index (χ2v) is 6.90. The number of morpholine rings is 1. The Bertz CT molecular complexity index is 572. The van der Waals surface area contributed by atoms with E-state index in [1.165, 1.54) is 5.56 Å². The highest BCUT2D eigenvalue weighted by Gasteiger charge is 2.24. The highest BCUT2D eigenvalue weighted by Crippen LogP contribution is 2.23. The number of nitrogens with one attached hydrogen (secondary N) is 1. The molecule has 0 saturated carbocycles. The molecule has 7 heteroatoms. The molecular formula is C15H19N3O2S2. The van der Waals surface area contributed by atoms with Crippen LogP contribution < -0.4 is 5.32 Å². The molecular weight excluding hydrogens is 318 g/mol. The van der Waals surface area contributed by atoms with Gasteiger partial charge in [0.1, 0.15) is 11.1 Å². The van der Waals surface area contributed by atoms with Gasteiger partial charge in [-0.2, -0.15) is 11.3 Å². The van der Waals surface area contributed by atoms with Gasteiger partial charge in [0.05, 0.1) is 13.2 Å². The highest BCUT2D eigenvalue weighted by atomic mass is 32.1. The summed E-state index contributed by atoms with van der Waals surface area (Å²) in [5, 5.41) is 10.1. The lowest BCUT2D eigenvalue weighted by atomic mass is 10.2. The number of aromatic nitrogens is 1. The van der Waals surface area contributed by atoms with Gasteiger partial charge in [-0.15, -0.1) is 11.3 Å². The molecule has 1 aliphatic heterocycles. The second kappa shape index (κ2) is 7.82. The van der Waals surface area contributed by atoms with E-state index >= 15 is 0 Å². The van der Waals surface area contributed by atoms with Gasteiger partial charge in [-0.3, -0.25) is 9.69 Å². The molecule has 1 N–H and O–H groups in total. The molecule has 118 valence electrons. The van der Waals surface area contributed by atoms with Crippen LogP contribution in [0.25, 0.3) is 0 Å². The van der Waals surface area contributed by atoms with Crippen molar-refractivity contribution in [1.82, 2.24) is 15.2 Å². The third kappa shape index (κ3) is 4.36. The fourth-order valence-electron chi connectivity index (χ4n) is 2.43. The van der Waals surface area contributed by atoms with Crippen LogP contribution in [0.4, 0.5) is 0 Å². The molecule has 3 heterocycles. The van der Waals surface area contributed by atoms with Gasteiger partial charge in [0.2, 0.25) is 5.91 Å². The first kappa shape index (κ1) is 15.6. The Kier molecular flexibility index (Phi) is 5.55. The Hall–Kier alpha value is -1.28. The van der Waals surface area contributed by atoms with Crippen molar-refractivity contribution in [1.29, 1.82) is 0 Å². The van der Waals surface area contributed by atoms with Crippen LogP contribution in [-0.4, -0.2) is 48.6 Å². The van der Waals surface area contributed by atoms with E-state index in [1.54, 1.807) is 28.9 Å². The Morgan fingerprint density at radius 2 is 2.45 bits per heavy atom. The average molecular weight is 337 g/mol. The molecule has 3 rings (SSSR count). The van der Waals surface area contributed by atoms with Gasteiger partial charge >= 0.3 is 0 Å². The van der Waals surface area contributed by atoms with Crippen molar-refractivity contribution in [3.8, 4) is 0 Å².